The highest BCUT2D eigenvalue weighted by molar-refractivity contribution is 6.42. The van der Waals surface area contributed by atoms with Crippen LogP contribution in [-0.4, -0.2) is 44.5 Å². The molecule has 1 heterocycles. The minimum Gasteiger partial charge on any atom is -0.463 e. The number of carboxylic acid groups (broad SMARTS) is 1. The normalized spacial score (nSPS) is 12.4. The van der Waals surface area contributed by atoms with Crippen molar-refractivity contribution >= 4 is 46.9 Å². The highest BCUT2D eigenvalue weighted by atomic mass is 35.5. The van der Waals surface area contributed by atoms with E-state index in [2.05, 4.69) is 15.6 Å². The molecule has 4 rings (SSSR count). The number of Topliss-reactive ketones (excluding diaryl/α,β-unsaturated/α-hetero) is 1. The number of rotatable bonds is 11. The van der Waals surface area contributed by atoms with E-state index in [9.17, 15) is 41.8 Å². The highest BCUT2D eigenvalue weighted by Gasteiger charge is 2.34. The summed E-state index contributed by atoms with van der Waals surface area (Å²) in [4.78, 5) is 53.3. The van der Waals surface area contributed by atoms with Crippen LogP contribution >= 0.6 is 23.2 Å². The Labute approximate surface area is 287 Å². The maximum atomic E-state index is 14.1. The van der Waals surface area contributed by atoms with Crippen molar-refractivity contribution in [3.8, 4) is 11.1 Å². The number of aromatic nitrogens is 2. The second-order valence-electron chi connectivity index (χ2n) is 10.9. The van der Waals surface area contributed by atoms with Gasteiger partial charge in [0.25, 0.3) is 5.91 Å². The minimum absolute atomic E-state index is 0.00563. The molecule has 0 aliphatic heterocycles. The number of imidazole rings is 1. The van der Waals surface area contributed by atoms with Crippen molar-refractivity contribution in [2.45, 2.75) is 38.5 Å². The Kier molecular flexibility index (Phi) is 11.7. The molecule has 1 atom stereocenters. The lowest BCUT2D eigenvalue weighted by atomic mass is 9.94. The van der Waals surface area contributed by atoms with Crippen LogP contribution in [0.4, 0.5) is 22.4 Å². The van der Waals surface area contributed by atoms with Crippen LogP contribution in [0.25, 0.3) is 11.1 Å². The first-order valence-corrected chi connectivity index (χ1v) is 15.4. The van der Waals surface area contributed by atoms with Crippen LogP contribution in [0.2, 0.25) is 10.0 Å². The van der Waals surface area contributed by atoms with Gasteiger partial charge in [-0.3, -0.25) is 14.4 Å². The lowest BCUT2D eigenvalue weighted by molar-refractivity contribution is -0.137. The van der Waals surface area contributed by atoms with Gasteiger partial charge in [-0.15, -0.1) is 4.99 Å². The topological polar surface area (TPSA) is 135 Å². The van der Waals surface area contributed by atoms with Gasteiger partial charge in [0.2, 0.25) is 11.5 Å². The van der Waals surface area contributed by atoms with Crippen LogP contribution in [-0.2, 0) is 29.4 Å². The summed E-state index contributed by atoms with van der Waals surface area (Å²) < 4.78 is 59.0. The summed E-state index contributed by atoms with van der Waals surface area (Å²) in [5.74, 6) is -2.72. The number of hydrogen-bond acceptors (Lipinski definition) is 4. The van der Waals surface area contributed by atoms with E-state index in [0.29, 0.717) is 11.6 Å². The maximum Gasteiger partial charge on any atom is 0.434 e. The van der Waals surface area contributed by atoms with Crippen molar-refractivity contribution in [1.29, 1.82) is 0 Å². The molecule has 0 saturated heterocycles. The van der Waals surface area contributed by atoms with E-state index in [4.69, 9.17) is 23.2 Å². The smallest absolute Gasteiger partial charge is 0.434 e. The van der Waals surface area contributed by atoms with Gasteiger partial charge >= 0.3 is 12.3 Å². The Hall–Kier alpha value is -4.95. The zero-order valence-electron chi connectivity index (χ0n) is 25.9. The summed E-state index contributed by atoms with van der Waals surface area (Å²) in [7, 11) is 1.54. The summed E-state index contributed by atoms with van der Waals surface area (Å²) in [6, 6.07) is 9.46. The molecule has 0 aliphatic rings. The lowest BCUT2D eigenvalue weighted by Gasteiger charge is -2.21. The van der Waals surface area contributed by atoms with Crippen LogP contribution < -0.4 is 16.3 Å². The molecule has 0 saturated carbocycles. The van der Waals surface area contributed by atoms with Crippen LogP contribution in [0.3, 0.4) is 0 Å². The molecular formula is C33H29Cl2F4N5O5. The largest absolute Gasteiger partial charge is 0.463 e. The molecule has 0 radical (unpaired) electrons. The van der Waals surface area contributed by atoms with Crippen molar-refractivity contribution in [2.24, 2.45) is 12.0 Å². The van der Waals surface area contributed by atoms with Crippen molar-refractivity contribution < 1.29 is 41.8 Å². The minimum atomic E-state index is -4.96. The number of hydrogen-bond donors (Lipinski definition) is 3. The van der Waals surface area contributed by atoms with E-state index >= 15 is 0 Å². The second-order valence-corrected chi connectivity index (χ2v) is 11.7. The molecule has 3 N–H and O–H groups in total. The predicted molar refractivity (Wildman–Crippen MR) is 173 cm³/mol. The van der Waals surface area contributed by atoms with Crippen molar-refractivity contribution in [1.82, 2.24) is 19.8 Å². The van der Waals surface area contributed by atoms with Crippen molar-refractivity contribution in [3.63, 3.8) is 0 Å². The van der Waals surface area contributed by atoms with E-state index in [1.165, 1.54) is 57.9 Å². The predicted octanol–water partition coefficient (Wildman–Crippen LogP) is 6.54. The SMILES string of the molecule is CCC(=O)CNC(=O)CC(NC(=O)c1cc(Cn2ccn(C)c2=NC(=O)O)cc(-c2ccc(F)cc2C(F)(F)F)c1)c1ccc(Cl)c(Cl)c1. The Bertz CT molecular complexity index is 1990. The summed E-state index contributed by atoms with van der Waals surface area (Å²) >= 11 is 12.3. The van der Waals surface area contributed by atoms with Gasteiger partial charge in [0, 0.05) is 31.4 Å². The highest BCUT2D eigenvalue weighted by Crippen LogP contribution is 2.38. The number of aryl methyl sites for hydroxylation is 1. The lowest BCUT2D eigenvalue weighted by Crippen LogP contribution is -2.35. The third kappa shape index (κ3) is 9.57. The molecule has 3 amide bonds. The average molecular weight is 723 g/mol. The molecular weight excluding hydrogens is 693 g/mol. The number of ketones is 1. The molecule has 3 aromatic carbocycles. The van der Waals surface area contributed by atoms with E-state index in [-0.39, 0.29) is 64.1 Å². The quantitative estimate of drug-likeness (QED) is 0.151. The van der Waals surface area contributed by atoms with Gasteiger partial charge in [-0.2, -0.15) is 13.2 Å². The molecule has 0 fully saturated rings. The van der Waals surface area contributed by atoms with Crippen molar-refractivity contribution in [3.05, 3.63) is 111 Å². The molecule has 0 aliphatic carbocycles. The number of amides is 3. The molecule has 4 aromatic rings. The number of benzene rings is 3. The van der Waals surface area contributed by atoms with Gasteiger partial charge in [-0.1, -0.05) is 42.3 Å². The molecule has 16 heteroatoms. The third-order valence-electron chi connectivity index (χ3n) is 7.36. The first-order chi connectivity index (χ1) is 23.0. The summed E-state index contributed by atoms with van der Waals surface area (Å²) in [6.07, 6.45) is -3.57. The Morgan fingerprint density at radius 3 is 2.37 bits per heavy atom. The molecule has 0 spiro atoms. The van der Waals surface area contributed by atoms with Crippen LogP contribution in [0.5, 0.6) is 0 Å². The summed E-state index contributed by atoms with van der Waals surface area (Å²) in [6.45, 7) is 1.28. The summed E-state index contributed by atoms with van der Waals surface area (Å²) in [5, 5.41) is 14.8. The van der Waals surface area contributed by atoms with Gasteiger partial charge in [-0.25, -0.2) is 9.18 Å². The standard InChI is InChI=1S/C33H29Cl2F4N5O5/c1-3-23(45)16-40-29(46)15-28(19-4-7-26(34)27(35)13-19)41-30(47)21-11-18(17-44-9-8-43(2)31(44)42-32(48)49)10-20(12-21)24-6-5-22(36)14-25(24)33(37,38)39/h4-14,28H,3,15-17H2,1-2H3,(H,40,46)(H,41,47)(H,48,49). The molecule has 1 unspecified atom stereocenters. The van der Waals surface area contributed by atoms with Gasteiger partial charge in [0.05, 0.1) is 41.2 Å². The molecule has 10 nitrogen and oxygen atoms in total. The average Bonchev–Trinajstić information content (AvgIpc) is 3.37. The van der Waals surface area contributed by atoms with Gasteiger partial charge < -0.3 is 24.9 Å². The fourth-order valence-electron chi connectivity index (χ4n) is 4.94. The second kappa shape index (κ2) is 15.5. The molecule has 0 bridgehead atoms. The van der Waals surface area contributed by atoms with Gasteiger partial charge in [0.15, 0.2) is 5.78 Å². The number of halogens is 6. The van der Waals surface area contributed by atoms with E-state index < -0.39 is 47.1 Å². The van der Waals surface area contributed by atoms with Crippen LogP contribution in [0, 0.1) is 5.82 Å². The number of carbonyl (C=O) groups is 4. The van der Waals surface area contributed by atoms with Crippen LogP contribution in [0.1, 0.15) is 52.9 Å². The summed E-state index contributed by atoms with van der Waals surface area (Å²) in [5.41, 5.74) is -1.30. The fourth-order valence-corrected chi connectivity index (χ4v) is 5.25. The fraction of sp³-hybridized carbons (Fsp3) is 0.242. The van der Waals surface area contributed by atoms with Crippen molar-refractivity contribution in [2.75, 3.05) is 6.54 Å². The monoisotopic (exact) mass is 721 g/mol. The Morgan fingerprint density at radius 1 is 0.980 bits per heavy atom. The number of nitrogens with zero attached hydrogens (tertiary/aromatic N) is 3. The van der Waals surface area contributed by atoms with Gasteiger partial charge in [-0.05, 0) is 64.7 Å². The van der Waals surface area contributed by atoms with E-state index in [1.54, 1.807) is 14.0 Å². The van der Waals surface area contributed by atoms with Gasteiger partial charge in [0.1, 0.15) is 5.82 Å². The number of alkyl halides is 3. The maximum absolute atomic E-state index is 14.1. The number of nitrogens with one attached hydrogen (secondary N) is 2. The zero-order chi connectivity index (χ0) is 36.0. The molecule has 1 aromatic heterocycles. The first-order valence-electron chi connectivity index (χ1n) is 14.6. The first kappa shape index (κ1) is 36.9. The zero-order valence-corrected chi connectivity index (χ0v) is 27.5. The molecule has 49 heavy (non-hydrogen) atoms. The molecule has 258 valence electrons. The Balaban J connectivity index is 1.81. The third-order valence-corrected chi connectivity index (χ3v) is 8.10. The Morgan fingerprint density at radius 2 is 1.71 bits per heavy atom. The van der Waals surface area contributed by atoms with E-state index in [0.717, 1.165) is 12.1 Å². The number of carbonyl (C=O) groups excluding carboxylic acids is 3. The van der Waals surface area contributed by atoms with Crippen LogP contribution in [0.15, 0.2) is 72.0 Å². The van der Waals surface area contributed by atoms with E-state index in [1.807, 2.05) is 0 Å².